The average Bonchev–Trinajstić information content (AvgIpc) is 3.36. The van der Waals surface area contributed by atoms with Crippen LogP contribution in [0.4, 0.5) is 0 Å². The molecule has 1 aromatic carbocycles. The maximum atomic E-state index is 13.0. The number of benzene rings is 1. The van der Waals surface area contributed by atoms with Crippen LogP contribution in [0.5, 0.6) is 0 Å². The molecule has 1 saturated carbocycles. The van der Waals surface area contributed by atoms with Crippen LogP contribution in [-0.4, -0.2) is 38.6 Å². The Morgan fingerprint density at radius 1 is 1.30 bits per heavy atom. The third-order valence-electron chi connectivity index (χ3n) is 4.82. The van der Waals surface area contributed by atoms with E-state index in [0.29, 0.717) is 11.0 Å². The molecule has 6 nitrogen and oxygen atoms in total. The van der Waals surface area contributed by atoms with Crippen molar-refractivity contribution in [3.8, 4) is 11.3 Å². The van der Waals surface area contributed by atoms with Gasteiger partial charge in [0.05, 0.1) is 24.3 Å². The van der Waals surface area contributed by atoms with E-state index in [1.165, 1.54) is 23.1 Å². The summed E-state index contributed by atoms with van der Waals surface area (Å²) in [7, 11) is 0. The number of thioether (sulfide) groups is 1. The lowest BCUT2D eigenvalue weighted by molar-refractivity contribution is -0.147. The SMILES string of the molecule is CCOC(=O)C(C(=O)CSc1ncc(-c2ccccc2)n1C1CC1)c1nc(C)cs1. The van der Waals surface area contributed by atoms with Crippen LogP contribution < -0.4 is 0 Å². The molecule has 1 aliphatic rings. The van der Waals surface area contributed by atoms with Crippen molar-refractivity contribution in [3.63, 3.8) is 0 Å². The molecule has 0 saturated heterocycles. The summed E-state index contributed by atoms with van der Waals surface area (Å²) in [6, 6.07) is 10.6. The number of ether oxygens (including phenoxy) is 1. The van der Waals surface area contributed by atoms with Gasteiger partial charge in [-0.15, -0.1) is 11.3 Å². The van der Waals surface area contributed by atoms with Gasteiger partial charge >= 0.3 is 5.97 Å². The number of rotatable bonds is 9. The number of nitrogens with zero attached hydrogens (tertiary/aromatic N) is 3. The topological polar surface area (TPSA) is 74.1 Å². The minimum absolute atomic E-state index is 0.139. The van der Waals surface area contributed by atoms with Crippen molar-refractivity contribution in [2.24, 2.45) is 0 Å². The van der Waals surface area contributed by atoms with E-state index in [2.05, 4.69) is 26.7 Å². The summed E-state index contributed by atoms with van der Waals surface area (Å²) >= 11 is 2.69. The van der Waals surface area contributed by atoms with Gasteiger partial charge in [-0.2, -0.15) is 0 Å². The molecular weight excluding hydrogens is 418 g/mol. The second kappa shape index (κ2) is 9.14. The molecule has 30 heavy (non-hydrogen) atoms. The van der Waals surface area contributed by atoms with Gasteiger partial charge in [0.2, 0.25) is 0 Å². The average molecular weight is 442 g/mol. The zero-order valence-electron chi connectivity index (χ0n) is 16.9. The predicted octanol–water partition coefficient (Wildman–Crippen LogP) is 4.66. The summed E-state index contributed by atoms with van der Waals surface area (Å²) in [5.41, 5.74) is 2.96. The van der Waals surface area contributed by atoms with Crippen LogP contribution in [0.25, 0.3) is 11.3 Å². The van der Waals surface area contributed by atoms with E-state index in [-0.39, 0.29) is 18.1 Å². The fraction of sp³-hybridized carbons (Fsp3) is 0.364. The highest BCUT2D eigenvalue weighted by molar-refractivity contribution is 7.99. The fourth-order valence-corrected chi connectivity index (χ4v) is 5.13. The molecular formula is C22H23N3O3S2. The van der Waals surface area contributed by atoms with Gasteiger partial charge in [0.15, 0.2) is 16.9 Å². The minimum Gasteiger partial charge on any atom is -0.465 e. The second-order valence-corrected chi connectivity index (χ2v) is 8.99. The second-order valence-electron chi connectivity index (χ2n) is 7.16. The normalized spacial score (nSPS) is 14.5. The molecule has 1 atom stereocenters. The first kappa shape index (κ1) is 20.8. The van der Waals surface area contributed by atoms with E-state index in [0.717, 1.165) is 34.9 Å². The molecule has 0 bridgehead atoms. The molecule has 1 fully saturated rings. The Bertz CT molecular complexity index is 1040. The summed E-state index contributed by atoms with van der Waals surface area (Å²) in [6.07, 6.45) is 4.09. The van der Waals surface area contributed by atoms with Gasteiger partial charge in [-0.05, 0) is 32.3 Å². The van der Waals surface area contributed by atoms with Crippen LogP contribution in [0.1, 0.15) is 42.4 Å². The van der Waals surface area contributed by atoms with Crippen molar-refractivity contribution >= 4 is 34.9 Å². The number of imidazole rings is 1. The molecule has 1 aliphatic carbocycles. The summed E-state index contributed by atoms with van der Waals surface area (Å²) in [4.78, 5) is 34.4. The highest BCUT2D eigenvalue weighted by Crippen LogP contribution is 2.42. The van der Waals surface area contributed by atoms with Gasteiger partial charge in [0, 0.05) is 17.1 Å². The standard InChI is InChI=1S/C22H23N3O3S2/c1-3-28-21(27)19(20-24-14(2)12-29-20)18(26)13-30-22-23-11-17(25(22)16-9-10-16)15-7-5-4-6-8-15/h4-8,11-12,16,19H,3,9-10,13H2,1-2H3. The van der Waals surface area contributed by atoms with Crippen LogP contribution >= 0.6 is 23.1 Å². The number of carbonyl (C=O) groups is 2. The highest BCUT2D eigenvalue weighted by Gasteiger charge is 2.34. The lowest BCUT2D eigenvalue weighted by atomic mass is 10.1. The van der Waals surface area contributed by atoms with Crippen LogP contribution in [-0.2, 0) is 14.3 Å². The number of hydrogen-bond acceptors (Lipinski definition) is 7. The van der Waals surface area contributed by atoms with Gasteiger partial charge in [-0.25, -0.2) is 9.97 Å². The number of carbonyl (C=O) groups excluding carboxylic acids is 2. The number of hydrogen-bond donors (Lipinski definition) is 0. The largest absolute Gasteiger partial charge is 0.465 e. The van der Waals surface area contributed by atoms with Gasteiger partial charge in [-0.3, -0.25) is 9.59 Å². The number of aromatic nitrogens is 3. The third kappa shape index (κ3) is 4.49. The smallest absolute Gasteiger partial charge is 0.323 e. The van der Waals surface area contributed by atoms with E-state index in [9.17, 15) is 9.59 Å². The molecule has 0 aliphatic heterocycles. The Balaban J connectivity index is 1.54. The summed E-state index contributed by atoms with van der Waals surface area (Å²) in [6.45, 7) is 3.81. The van der Waals surface area contributed by atoms with E-state index < -0.39 is 11.9 Å². The summed E-state index contributed by atoms with van der Waals surface area (Å²) in [5, 5.41) is 3.14. The lowest BCUT2D eigenvalue weighted by Gasteiger charge is -2.13. The number of ketones is 1. The molecule has 2 aromatic heterocycles. The maximum Gasteiger partial charge on any atom is 0.323 e. The summed E-state index contributed by atoms with van der Waals surface area (Å²) < 4.78 is 7.37. The zero-order chi connectivity index (χ0) is 21.1. The number of thiazole rings is 1. The third-order valence-corrected chi connectivity index (χ3v) is 6.83. The van der Waals surface area contributed by atoms with E-state index in [1.54, 1.807) is 6.92 Å². The Hall–Kier alpha value is -2.45. The minimum atomic E-state index is -0.978. The molecule has 8 heteroatoms. The highest BCUT2D eigenvalue weighted by atomic mass is 32.2. The van der Waals surface area contributed by atoms with Crippen LogP contribution in [0.3, 0.4) is 0 Å². The number of aryl methyl sites for hydroxylation is 1. The Morgan fingerprint density at radius 3 is 2.70 bits per heavy atom. The number of esters is 1. The lowest BCUT2D eigenvalue weighted by Crippen LogP contribution is -2.25. The van der Waals surface area contributed by atoms with Gasteiger partial charge in [0.1, 0.15) is 5.01 Å². The Kier molecular flexibility index (Phi) is 6.34. The van der Waals surface area contributed by atoms with Gasteiger partial charge in [0.25, 0.3) is 0 Å². The Labute approximate surface area is 183 Å². The van der Waals surface area contributed by atoms with Gasteiger partial charge in [-0.1, -0.05) is 42.1 Å². The predicted molar refractivity (Wildman–Crippen MR) is 118 cm³/mol. The summed E-state index contributed by atoms with van der Waals surface area (Å²) in [5.74, 6) is -1.58. The maximum absolute atomic E-state index is 13.0. The first-order chi connectivity index (χ1) is 14.6. The first-order valence-electron chi connectivity index (χ1n) is 9.95. The monoisotopic (exact) mass is 441 g/mol. The molecule has 4 rings (SSSR count). The molecule has 1 unspecified atom stereocenters. The van der Waals surface area contributed by atoms with Crippen LogP contribution in [0, 0.1) is 6.92 Å². The molecule has 3 aromatic rings. The van der Waals surface area contributed by atoms with E-state index in [4.69, 9.17) is 4.74 Å². The van der Waals surface area contributed by atoms with Crippen molar-refractivity contribution in [1.82, 2.24) is 14.5 Å². The fourth-order valence-electron chi connectivity index (χ4n) is 3.28. The van der Waals surface area contributed by atoms with Crippen LogP contribution in [0.15, 0.2) is 47.1 Å². The molecule has 0 N–H and O–H groups in total. The molecule has 0 spiro atoms. The van der Waals surface area contributed by atoms with E-state index >= 15 is 0 Å². The van der Waals surface area contributed by atoms with Crippen molar-refractivity contribution in [3.05, 3.63) is 52.6 Å². The Morgan fingerprint density at radius 2 is 2.07 bits per heavy atom. The molecule has 0 amide bonds. The van der Waals surface area contributed by atoms with Crippen LogP contribution in [0.2, 0.25) is 0 Å². The van der Waals surface area contributed by atoms with E-state index in [1.807, 2.05) is 36.7 Å². The van der Waals surface area contributed by atoms with Crippen molar-refractivity contribution in [2.45, 2.75) is 43.8 Å². The van der Waals surface area contributed by atoms with Crippen molar-refractivity contribution in [1.29, 1.82) is 0 Å². The quantitative estimate of drug-likeness (QED) is 0.273. The zero-order valence-corrected chi connectivity index (χ0v) is 18.5. The van der Waals surface area contributed by atoms with Crippen molar-refractivity contribution < 1.29 is 14.3 Å². The number of Topliss-reactive ketones (excluding diaryl/α,β-unsaturated/α-hetero) is 1. The molecule has 2 heterocycles. The first-order valence-corrected chi connectivity index (χ1v) is 11.8. The van der Waals surface area contributed by atoms with Gasteiger partial charge < -0.3 is 9.30 Å². The molecule has 156 valence electrons. The molecule has 0 radical (unpaired) electrons. The van der Waals surface area contributed by atoms with Crippen molar-refractivity contribution in [2.75, 3.05) is 12.4 Å².